The highest BCUT2D eigenvalue weighted by Gasteiger charge is 2.22. The van der Waals surface area contributed by atoms with E-state index in [0.29, 0.717) is 11.6 Å². The third-order valence-corrected chi connectivity index (χ3v) is 1.53. The van der Waals surface area contributed by atoms with Gasteiger partial charge in [-0.3, -0.25) is 0 Å². The molecule has 0 unspecified atom stereocenters. The van der Waals surface area contributed by atoms with Crippen LogP contribution in [-0.2, 0) is 0 Å². The number of halogens is 2. The highest BCUT2D eigenvalue weighted by Crippen LogP contribution is 2.15. The number of rotatable bonds is 3. The maximum atomic E-state index is 12.5. The third kappa shape index (κ3) is 3.34. The Kier molecular flexibility index (Phi) is 3.14. The molecule has 0 spiro atoms. The molecule has 0 amide bonds. The lowest BCUT2D eigenvalue weighted by Gasteiger charge is -2.05. The van der Waals surface area contributed by atoms with Crippen molar-refractivity contribution in [3.8, 4) is 0 Å². The van der Waals surface area contributed by atoms with Crippen molar-refractivity contribution in [2.75, 3.05) is 6.61 Å². The van der Waals surface area contributed by atoms with Crippen LogP contribution in [0.3, 0.4) is 0 Å². The minimum absolute atomic E-state index is 0.690. The number of aliphatic hydroxyl groups excluding tert-OH is 1. The molecule has 0 atom stereocenters. The second-order valence-corrected chi connectivity index (χ2v) is 2.66. The van der Waals surface area contributed by atoms with Gasteiger partial charge in [0, 0.05) is 0 Å². The fraction of sp³-hybridized carbons (Fsp3) is 0.200. The number of hydrogen-bond acceptors (Lipinski definition) is 1. The molecule has 70 valence electrons. The van der Waals surface area contributed by atoms with Gasteiger partial charge in [-0.25, -0.2) is 0 Å². The molecule has 1 aromatic carbocycles. The normalized spacial score (nSPS) is 12.2. The molecule has 0 saturated heterocycles. The molecular formula is C10H10F2O. The average Bonchev–Trinajstić information content (AvgIpc) is 2.17. The first-order valence-electron chi connectivity index (χ1n) is 3.87. The van der Waals surface area contributed by atoms with Gasteiger partial charge >= 0.3 is 0 Å². The molecule has 0 radical (unpaired) electrons. The van der Waals surface area contributed by atoms with Gasteiger partial charge in [0.1, 0.15) is 6.61 Å². The number of alkyl halides is 2. The summed E-state index contributed by atoms with van der Waals surface area (Å²) in [6.07, 6.45) is 1.98. The van der Waals surface area contributed by atoms with Crippen molar-refractivity contribution in [1.82, 2.24) is 0 Å². The van der Waals surface area contributed by atoms with E-state index in [1.807, 2.05) is 6.07 Å². The van der Waals surface area contributed by atoms with Crippen LogP contribution >= 0.6 is 0 Å². The van der Waals surface area contributed by atoms with Gasteiger partial charge in [0.05, 0.1) is 0 Å². The van der Waals surface area contributed by atoms with Crippen LogP contribution in [-0.4, -0.2) is 17.6 Å². The lowest BCUT2D eigenvalue weighted by molar-refractivity contribution is -0.00410. The van der Waals surface area contributed by atoms with Crippen LogP contribution in [0.5, 0.6) is 0 Å². The SMILES string of the molecule is OCC(F)(F)/C=C/c1ccccc1. The van der Waals surface area contributed by atoms with E-state index in [-0.39, 0.29) is 0 Å². The molecule has 0 aliphatic heterocycles. The van der Waals surface area contributed by atoms with Gasteiger partial charge in [-0.1, -0.05) is 36.4 Å². The zero-order valence-corrected chi connectivity index (χ0v) is 6.95. The summed E-state index contributed by atoms with van der Waals surface area (Å²) in [5.41, 5.74) is 0.690. The van der Waals surface area contributed by atoms with E-state index < -0.39 is 12.5 Å². The Morgan fingerprint density at radius 2 is 1.85 bits per heavy atom. The van der Waals surface area contributed by atoms with Crippen molar-refractivity contribution in [3.05, 3.63) is 42.0 Å². The summed E-state index contributed by atoms with van der Waals surface area (Å²) in [5, 5.41) is 8.27. The summed E-state index contributed by atoms with van der Waals surface area (Å²) in [7, 11) is 0. The van der Waals surface area contributed by atoms with Crippen LogP contribution in [0.25, 0.3) is 6.08 Å². The summed E-state index contributed by atoms with van der Waals surface area (Å²) in [6, 6.07) is 8.75. The number of hydrogen-bond donors (Lipinski definition) is 1. The van der Waals surface area contributed by atoms with Crippen molar-refractivity contribution >= 4 is 6.08 Å². The van der Waals surface area contributed by atoms with E-state index >= 15 is 0 Å². The van der Waals surface area contributed by atoms with E-state index in [1.54, 1.807) is 24.3 Å². The van der Waals surface area contributed by atoms with E-state index in [4.69, 9.17) is 5.11 Å². The molecule has 13 heavy (non-hydrogen) atoms. The maximum absolute atomic E-state index is 12.5. The van der Waals surface area contributed by atoms with Crippen molar-refractivity contribution in [3.63, 3.8) is 0 Å². The van der Waals surface area contributed by atoms with Gasteiger partial charge in [0.2, 0.25) is 0 Å². The molecule has 1 N–H and O–H groups in total. The Morgan fingerprint density at radius 3 is 2.38 bits per heavy atom. The molecule has 0 fully saturated rings. The average molecular weight is 184 g/mol. The highest BCUT2D eigenvalue weighted by atomic mass is 19.3. The predicted octanol–water partition coefficient (Wildman–Crippen LogP) is 2.33. The first kappa shape index (κ1) is 9.86. The molecule has 1 nitrogen and oxygen atoms in total. The number of aliphatic hydroxyl groups is 1. The standard InChI is InChI=1S/C10H10F2O/c11-10(12,8-13)7-6-9-4-2-1-3-5-9/h1-7,13H,8H2/b7-6+. The summed E-state index contributed by atoms with van der Waals surface area (Å²) in [4.78, 5) is 0. The van der Waals surface area contributed by atoms with Gasteiger partial charge in [0.15, 0.2) is 0 Å². The van der Waals surface area contributed by atoms with Gasteiger partial charge in [0.25, 0.3) is 5.92 Å². The quantitative estimate of drug-likeness (QED) is 0.764. The largest absolute Gasteiger partial charge is 0.390 e. The molecule has 1 rings (SSSR count). The lowest BCUT2D eigenvalue weighted by atomic mass is 10.2. The smallest absolute Gasteiger partial charge is 0.289 e. The molecule has 0 heterocycles. The topological polar surface area (TPSA) is 20.2 Å². The van der Waals surface area contributed by atoms with Crippen molar-refractivity contribution in [1.29, 1.82) is 0 Å². The van der Waals surface area contributed by atoms with E-state index in [0.717, 1.165) is 0 Å². The van der Waals surface area contributed by atoms with Crippen LogP contribution in [0.4, 0.5) is 8.78 Å². The van der Waals surface area contributed by atoms with E-state index in [1.165, 1.54) is 6.08 Å². The predicted molar refractivity (Wildman–Crippen MR) is 47.5 cm³/mol. The van der Waals surface area contributed by atoms with Crippen molar-refractivity contribution in [2.24, 2.45) is 0 Å². The summed E-state index contributed by atoms with van der Waals surface area (Å²) in [5.74, 6) is -3.13. The van der Waals surface area contributed by atoms with Crippen LogP contribution in [0, 0.1) is 0 Å². The Morgan fingerprint density at radius 1 is 1.23 bits per heavy atom. The van der Waals surface area contributed by atoms with Crippen molar-refractivity contribution in [2.45, 2.75) is 5.92 Å². The van der Waals surface area contributed by atoms with Crippen LogP contribution in [0.2, 0.25) is 0 Å². The summed E-state index contributed by atoms with van der Waals surface area (Å²) >= 11 is 0. The van der Waals surface area contributed by atoms with E-state index in [2.05, 4.69) is 0 Å². The third-order valence-electron chi connectivity index (χ3n) is 1.53. The Hall–Kier alpha value is -1.22. The van der Waals surface area contributed by atoms with Gasteiger partial charge in [-0.05, 0) is 11.6 Å². The Labute approximate surface area is 75.3 Å². The second kappa shape index (κ2) is 4.14. The molecule has 1 aromatic rings. The van der Waals surface area contributed by atoms with Crippen molar-refractivity contribution < 1.29 is 13.9 Å². The molecular weight excluding hydrogens is 174 g/mol. The van der Waals surface area contributed by atoms with Gasteiger partial charge < -0.3 is 5.11 Å². The molecule has 0 aliphatic rings. The number of benzene rings is 1. The fourth-order valence-electron chi connectivity index (χ4n) is 0.835. The Bertz CT molecular complexity index is 280. The highest BCUT2D eigenvalue weighted by molar-refractivity contribution is 5.49. The molecule has 0 bridgehead atoms. The Balaban J connectivity index is 2.69. The van der Waals surface area contributed by atoms with Gasteiger partial charge in [-0.2, -0.15) is 8.78 Å². The lowest BCUT2D eigenvalue weighted by Crippen LogP contribution is -2.17. The first-order valence-corrected chi connectivity index (χ1v) is 3.87. The van der Waals surface area contributed by atoms with Crippen LogP contribution < -0.4 is 0 Å². The molecule has 0 saturated carbocycles. The molecule has 0 aliphatic carbocycles. The van der Waals surface area contributed by atoms with Gasteiger partial charge in [-0.15, -0.1) is 0 Å². The molecule has 0 aromatic heterocycles. The fourth-order valence-corrected chi connectivity index (χ4v) is 0.835. The summed E-state index contributed by atoms with van der Waals surface area (Å²) < 4.78 is 25.0. The molecule has 3 heteroatoms. The van der Waals surface area contributed by atoms with E-state index in [9.17, 15) is 8.78 Å². The minimum atomic E-state index is -3.13. The monoisotopic (exact) mass is 184 g/mol. The summed E-state index contributed by atoms with van der Waals surface area (Å²) in [6.45, 7) is -1.16. The van der Waals surface area contributed by atoms with Crippen LogP contribution in [0.1, 0.15) is 5.56 Å². The maximum Gasteiger partial charge on any atom is 0.289 e. The van der Waals surface area contributed by atoms with Crippen LogP contribution in [0.15, 0.2) is 36.4 Å². The first-order chi connectivity index (χ1) is 6.14. The zero-order chi connectivity index (χ0) is 9.73. The zero-order valence-electron chi connectivity index (χ0n) is 6.95. The minimum Gasteiger partial charge on any atom is -0.390 e. The second-order valence-electron chi connectivity index (χ2n) is 2.66.